The molecule has 9 heteroatoms. The van der Waals surface area contributed by atoms with Gasteiger partial charge in [0.15, 0.2) is 10.0 Å². The molecule has 0 spiro atoms. The number of nitrogens with two attached hydrogens (primary N) is 1. The lowest BCUT2D eigenvalue weighted by molar-refractivity contribution is 0.100. The second-order valence-electron chi connectivity index (χ2n) is 7.90. The molecule has 0 atom stereocenters. The minimum atomic E-state index is -0.583. The molecule has 2 aromatic heterocycles. The molecule has 2 heterocycles. The molecule has 34 heavy (non-hydrogen) atoms. The van der Waals surface area contributed by atoms with Gasteiger partial charge in [0.05, 0.1) is 12.7 Å². The quantitative estimate of drug-likeness (QED) is 0.349. The van der Waals surface area contributed by atoms with Crippen molar-refractivity contribution in [3.05, 3.63) is 75.9 Å². The van der Waals surface area contributed by atoms with Gasteiger partial charge in [-0.3, -0.25) is 4.79 Å². The number of benzene rings is 2. The standard InChI is InChI=1S/C25H21ClN4O3S/c1-32-20-5-3-2-4-17(20)18-12-19(14-6-7-14)28-23(22(18)24(27)31)25-30-29-21(34-25)13-33-16-10-8-15(26)9-11-16/h2-5,8-12,14H,6-7,13H2,1H3,(H2,27,31). The first-order chi connectivity index (χ1) is 16.5. The Labute approximate surface area is 205 Å². The number of hydrogen-bond donors (Lipinski definition) is 1. The maximum atomic E-state index is 12.7. The topological polar surface area (TPSA) is 100 Å². The van der Waals surface area contributed by atoms with Crippen LogP contribution in [0.5, 0.6) is 11.5 Å². The van der Waals surface area contributed by atoms with Crippen molar-refractivity contribution in [1.29, 1.82) is 0 Å². The lowest BCUT2D eigenvalue weighted by Gasteiger charge is -2.15. The molecule has 5 rings (SSSR count). The second kappa shape index (κ2) is 9.40. The third-order valence-corrected chi connectivity index (χ3v) is 6.68. The van der Waals surface area contributed by atoms with E-state index in [0.29, 0.717) is 49.3 Å². The Bertz CT molecular complexity index is 1350. The Kier molecular flexibility index (Phi) is 6.17. The van der Waals surface area contributed by atoms with Crippen molar-refractivity contribution >= 4 is 28.8 Å². The van der Waals surface area contributed by atoms with Crippen LogP contribution >= 0.6 is 22.9 Å². The molecule has 2 N–H and O–H groups in total. The molecule has 0 saturated heterocycles. The molecular weight excluding hydrogens is 472 g/mol. The summed E-state index contributed by atoms with van der Waals surface area (Å²) in [4.78, 5) is 17.5. The van der Waals surface area contributed by atoms with Gasteiger partial charge in [-0.1, -0.05) is 41.1 Å². The number of aromatic nitrogens is 3. The highest BCUT2D eigenvalue weighted by atomic mass is 35.5. The van der Waals surface area contributed by atoms with Crippen LogP contribution in [0.15, 0.2) is 54.6 Å². The highest BCUT2D eigenvalue weighted by Gasteiger charge is 2.30. The number of rotatable bonds is 8. The average Bonchev–Trinajstić information content (AvgIpc) is 3.60. The van der Waals surface area contributed by atoms with Crippen molar-refractivity contribution in [3.63, 3.8) is 0 Å². The number of para-hydroxylation sites is 1. The largest absolute Gasteiger partial charge is 0.496 e. The predicted molar refractivity (Wildman–Crippen MR) is 131 cm³/mol. The summed E-state index contributed by atoms with van der Waals surface area (Å²) in [6.45, 7) is 0.229. The number of carbonyl (C=O) groups is 1. The van der Waals surface area contributed by atoms with Crippen molar-refractivity contribution in [2.45, 2.75) is 25.4 Å². The van der Waals surface area contributed by atoms with E-state index in [2.05, 4.69) is 10.2 Å². The number of hydrogen-bond acceptors (Lipinski definition) is 7. The van der Waals surface area contributed by atoms with Crippen LogP contribution < -0.4 is 15.2 Å². The Hall–Kier alpha value is -3.49. The summed E-state index contributed by atoms with van der Waals surface area (Å²) < 4.78 is 11.3. The number of halogens is 1. The second-order valence-corrected chi connectivity index (χ2v) is 9.40. The van der Waals surface area contributed by atoms with Crippen LogP contribution in [-0.2, 0) is 6.61 Å². The number of pyridine rings is 1. The molecule has 1 saturated carbocycles. The molecule has 0 bridgehead atoms. The zero-order valence-electron chi connectivity index (χ0n) is 18.3. The van der Waals surface area contributed by atoms with E-state index >= 15 is 0 Å². The Morgan fingerprint density at radius 3 is 2.59 bits per heavy atom. The maximum Gasteiger partial charge on any atom is 0.251 e. The van der Waals surface area contributed by atoms with Gasteiger partial charge in [0, 0.05) is 27.8 Å². The van der Waals surface area contributed by atoms with E-state index in [1.165, 1.54) is 11.3 Å². The Morgan fingerprint density at radius 2 is 1.88 bits per heavy atom. The van der Waals surface area contributed by atoms with Crippen LogP contribution in [0.1, 0.15) is 39.8 Å². The van der Waals surface area contributed by atoms with Gasteiger partial charge >= 0.3 is 0 Å². The van der Waals surface area contributed by atoms with Gasteiger partial charge in [-0.15, -0.1) is 10.2 Å². The molecule has 0 unspecified atom stereocenters. The molecule has 1 fully saturated rings. The molecule has 4 aromatic rings. The van der Waals surface area contributed by atoms with Crippen LogP contribution in [0.4, 0.5) is 0 Å². The van der Waals surface area contributed by atoms with E-state index in [4.69, 9.17) is 31.8 Å². The first kappa shape index (κ1) is 22.3. The van der Waals surface area contributed by atoms with Crippen molar-refractivity contribution in [3.8, 4) is 33.3 Å². The van der Waals surface area contributed by atoms with E-state index in [0.717, 1.165) is 24.1 Å². The molecule has 0 aliphatic heterocycles. The number of amides is 1. The van der Waals surface area contributed by atoms with E-state index in [1.807, 2.05) is 30.3 Å². The average molecular weight is 493 g/mol. The molecule has 0 radical (unpaired) electrons. The SMILES string of the molecule is COc1ccccc1-c1cc(C2CC2)nc(-c2nnc(COc3ccc(Cl)cc3)s2)c1C(N)=O. The van der Waals surface area contributed by atoms with Crippen LogP contribution in [0.2, 0.25) is 5.02 Å². The Morgan fingerprint density at radius 1 is 1.12 bits per heavy atom. The van der Waals surface area contributed by atoms with Gasteiger partial charge in [-0.05, 0) is 49.2 Å². The van der Waals surface area contributed by atoms with E-state index in [9.17, 15) is 4.79 Å². The lowest BCUT2D eigenvalue weighted by Crippen LogP contribution is -2.16. The first-order valence-electron chi connectivity index (χ1n) is 10.7. The number of nitrogens with zero attached hydrogens (tertiary/aromatic N) is 3. The number of methoxy groups -OCH3 is 1. The lowest BCUT2D eigenvalue weighted by atomic mass is 9.95. The van der Waals surface area contributed by atoms with Gasteiger partial charge in [-0.2, -0.15) is 0 Å². The van der Waals surface area contributed by atoms with E-state index in [1.54, 1.807) is 31.4 Å². The maximum absolute atomic E-state index is 12.7. The van der Waals surface area contributed by atoms with Gasteiger partial charge in [0.25, 0.3) is 5.91 Å². The van der Waals surface area contributed by atoms with E-state index in [-0.39, 0.29) is 6.61 Å². The van der Waals surface area contributed by atoms with Crippen molar-refractivity contribution in [2.24, 2.45) is 5.73 Å². The third-order valence-electron chi connectivity index (χ3n) is 5.52. The van der Waals surface area contributed by atoms with Gasteiger partial charge in [-0.25, -0.2) is 4.98 Å². The normalized spacial score (nSPS) is 13.0. The summed E-state index contributed by atoms with van der Waals surface area (Å²) in [5.74, 6) is 1.10. The fourth-order valence-corrected chi connectivity index (χ4v) is 4.60. The van der Waals surface area contributed by atoms with Crippen LogP contribution in [0.3, 0.4) is 0 Å². The third kappa shape index (κ3) is 4.60. The first-order valence-corrected chi connectivity index (χ1v) is 11.9. The highest BCUT2D eigenvalue weighted by molar-refractivity contribution is 7.14. The smallest absolute Gasteiger partial charge is 0.251 e. The zero-order chi connectivity index (χ0) is 23.7. The summed E-state index contributed by atoms with van der Waals surface area (Å²) in [7, 11) is 1.60. The minimum absolute atomic E-state index is 0.229. The molecule has 7 nitrogen and oxygen atoms in total. The van der Waals surface area contributed by atoms with Crippen LogP contribution in [0.25, 0.3) is 21.8 Å². The minimum Gasteiger partial charge on any atom is -0.496 e. The Balaban J connectivity index is 1.55. The summed E-state index contributed by atoms with van der Waals surface area (Å²) in [6, 6.07) is 16.6. The molecule has 1 aliphatic rings. The van der Waals surface area contributed by atoms with Crippen molar-refractivity contribution in [1.82, 2.24) is 15.2 Å². The molecular formula is C25H21ClN4O3S. The fraction of sp³-hybridized carbons (Fsp3) is 0.200. The number of ether oxygens (including phenoxy) is 2. The molecule has 1 aliphatic carbocycles. The number of carbonyl (C=O) groups excluding carboxylic acids is 1. The monoisotopic (exact) mass is 492 g/mol. The summed E-state index contributed by atoms with van der Waals surface area (Å²) in [5.41, 5.74) is 8.99. The predicted octanol–water partition coefficient (Wildman–Crippen LogP) is 5.48. The van der Waals surface area contributed by atoms with Gasteiger partial charge < -0.3 is 15.2 Å². The van der Waals surface area contributed by atoms with Crippen molar-refractivity contribution < 1.29 is 14.3 Å². The summed E-state index contributed by atoms with van der Waals surface area (Å²) in [5, 5.41) is 10.4. The van der Waals surface area contributed by atoms with E-state index < -0.39 is 5.91 Å². The fourth-order valence-electron chi connectivity index (χ4n) is 3.72. The molecule has 172 valence electrons. The molecule has 1 amide bonds. The number of primary amides is 1. The van der Waals surface area contributed by atoms with Crippen LogP contribution in [0, 0.1) is 0 Å². The zero-order valence-corrected chi connectivity index (χ0v) is 19.9. The van der Waals surface area contributed by atoms with Gasteiger partial charge in [0.2, 0.25) is 0 Å². The van der Waals surface area contributed by atoms with Crippen molar-refractivity contribution in [2.75, 3.05) is 7.11 Å². The van der Waals surface area contributed by atoms with Gasteiger partial charge in [0.1, 0.15) is 23.8 Å². The van der Waals surface area contributed by atoms with Crippen LogP contribution in [-0.4, -0.2) is 28.2 Å². The highest BCUT2D eigenvalue weighted by Crippen LogP contribution is 2.44. The summed E-state index contributed by atoms with van der Waals surface area (Å²) >= 11 is 7.25. The molecule has 2 aromatic carbocycles. The summed E-state index contributed by atoms with van der Waals surface area (Å²) in [6.07, 6.45) is 2.12.